The van der Waals surface area contributed by atoms with Crippen molar-refractivity contribution < 1.29 is 21.1 Å². The maximum absolute atomic E-state index is 5.01. The maximum Gasteiger partial charge on any atom is 2.00 e. The van der Waals surface area contributed by atoms with E-state index in [0.29, 0.717) is 0 Å². The minimum Gasteiger partial charge on any atom is -0.316 e. The average molecular weight is 624 g/mol. The second kappa shape index (κ2) is 8.62. The molecule has 0 unspecified atom stereocenters. The molecular formula is C27H20N6Pt. The Morgan fingerprint density at radius 3 is 1.56 bits per heavy atom. The molecule has 6 rings (SSSR count). The van der Waals surface area contributed by atoms with Crippen LogP contribution in [0.15, 0.2) is 85.2 Å². The van der Waals surface area contributed by atoms with Crippen LogP contribution in [0.1, 0.15) is 25.2 Å². The van der Waals surface area contributed by atoms with Gasteiger partial charge < -0.3 is 19.0 Å². The number of hydrogen-bond donors (Lipinski definition) is 0. The molecule has 34 heavy (non-hydrogen) atoms. The molecule has 0 saturated carbocycles. The van der Waals surface area contributed by atoms with Crippen LogP contribution in [0.2, 0.25) is 0 Å². The van der Waals surface area contributed by atoms with E-state index in [9.17, 15) is 0 Å². The molecule has 0 fully saturated rings. The van der Waals surface area contributed by atoms with Gasteiger partial charge in [0.15, 0.2) is 0 Å². The number of hydrogen-bond acceptors (Lipinski definition) is 4. The zero-order chi connectivity index (χ0) is 22.4. The van der Waals surface area contributed by atoms with Crippen molar-refractivity contribution in [2.75, 3.05) is 0 Å². The van der Waals surface area contributed by atoms with Gasteiger partial charge in [-0.3, -0.25) is 10.2 Å². The van der Waals surface area contributed by atoms with Gasteiger partial charge in [-0.15, -0.1) is 11.1 Å². The molecule has 6 aromatic heterocycles. The minimum absolute atomic E-state index is 0. The molecule has 0 aromatic carbocycles. The van der Waals surface area contributed by atoms with Gasteiger partial charge in [-0.2, -0.15) is 0 Å². The maximum atomic E-state index is 5.01. The molecule has 0 amide bonds. The fourth-order valence-corrected chi connectivity index (χ4v) is 4.11. The van der Waals surface area contributed by atoms with E-state index in [2.05, 4.69) is 36.4 Å². The standard InChI is InChI=1S/C27H20N6.Pt/c1-27(2,25-13-7-9-21(30-25)19-17-28-32-15-5-3-11-23(19)32)26-14-8-10-22(31-26)20-18-29-33-16-6-4-12-24(20)33;/h3-16H,1-2H3;/q-2;+2. The predicted molar refractivity (Wildman–Crippen MR) is 127 cm³/mol. The summed E-state index contributed by atoms with van der Waals surface area (Å²) in [6.45, 7) is 4.29. The third-order valence-electron chi connectivity index (χ3n) is 6.02. The van der Waals surface area contributed by atoms with Crippen molar-refractivity contribution in [3.8, 4) is 22.5 Å². The average Bonchev–Trinajstić information content (AvgIpc) is 3.49. The largest absolute Gasteiger partial charge is 2.00 e. The number of aromatic nitrogens is 6. The molecule has 0 radical (unpaired) electrons. The zero-order valence-electron chi connectivity index (χ0n) is 18.6. The molecule has 0 aliphatic heterocycles. The summed E-state index contributed by atoms with van der Waals surface area (Å²) in [5.41, 5.74) is 6.84. The van der Waals surface area contributed by atoms with Crippen molar-refractivity contribution in [1.82, 2.24) is 29.2 Å². The fourth-order valence-electron chi connectivity index (χ4n) is 4.11. The van der Waals surface area contributed by atoms with Gasteiger partial charge >= 0.3 is 21.1 Å². The van der Waals surface area contributed by atoms with Crippen LogP contribution in [0, 0.1) is 12.4 Å². The first-order valence-electron chi connectivity index (χ1n) is 10.8. The van der Waals surface area contributed by atoms with Crippen molar-refractivity contribution in [3.05, 3.63) is 109 Å². The van der Waals surface area contributed by atoms with E-state index in [0.717, 1.165) is 44.9 Å². The molecule has 0 saturated heterocycles. The third kappa shape index (κ3) is 3.64. The summed E-state index contributed by atoms with van der Waals surface area (Å²) in [6, 6.07) is 24.1. The van der Waals surface area contributed by atoms with Gasteiger partial charge in [0.05, 0.1) is 0 Å². The molecule has 6 nitrogen and oxygen atoms in total. The predicted octanol–water partition coefficient (Wildman–Crippen LogP) is 5.03. The van der Waals surface area contributed by atoms with Gasteiger partial charge in [-0.05, 0) is 72.9 Å². The Morgan fingerprint density at radius 2 is 1.09 bits per heavy atom. The summed E-state index contributed by atoms with van der Waals surface area (Å²) in [6.07, 6.45) is 10.1. The normalized spacial score (nSPS) is 11.6. The number of rotatable bonds is 4. The van der Waals surface area contributed by atoms with E-state index in [1.165, 1.54) is 0 Å². The van der Waals surface area contributed by atoms with Gasteiger partial charge in [0.1, 0.15) is 0 Å². The van der Waals surface area contributed by atoms with Gasteiger partial charge in [-0.25, -0.2) is 0 Å². The summed E-state index contributed by atoms with van der Waals surface area (Å²) < 4.78 is 3.62. The Kier molecular flexibility index (Phi) is 5.62. The second-order valence-electron chi connectivity index (χ2n) is 8.48. The first kappa shape index (κ1) is 22.2. The van der Waals surface area contributed by atoms with E-state index in [1.807, 2.05) is 94.2 Å². The van der Waals surface area contributed by atoms with Crippen LogP contribution in [0.4, 0.5) is 0 Å². The van der Waals surface area contributed by atoms with E-state index in [-0.39, 0.29) is 21.1 Å². The molecule has 6 heterocycles. The Labute approximate surface area is 211 Å². The van der Waals surface area contributed by atoms with Crippen LogP contribution < -0.4 is 0 Å². The Morgan fingerprint density at radius 1 is 0.618 bits per heavy atom. The van der Waals surface area contributed by atoms with Crippen molar-refractivity contribution >= 4 is 11.0 Å². The van der Waals surface area contributed by atoms with Crippen LogP contribution in [0.3, 0.4) is 0 Å². The minimum atomic E-state index is -0.419. The van der Waals surface area contributed by atoms with E-state index in [4.69, 9.17) is 9.97 Å². The third-order valence-corrected chi connectivity index (χ3v) is 6.02. The zero-order valence-corrected chi connectivity index (χ0v) is 20.9. The van der Waals surface area contributed by atoms with Crippen LogP contribution >= 0.6 is 0 Å². The second-order valence-corrected chi connectivity index (χ2v) is 8.48. The van der Waals surface area contributed by atoms with Crippen molar-refractivity contribution in [3.63, 3.8) is 0 Å². The van der Waals surface area contributed by atoms with Crippen molar-refractivity contribution in [2.24, 2.45) is 0 Å². The van der Waals surface area contributed by atoms with Gasteiger partial charge in [-0.1, -0.05) is 48.5 Å². The monoisotopic (exact) mass is 623 g/mol. The number of pyridine rings is 4. The van der Waals surface area contributed by atoms with Crippen LogP contribution in [0.5, 0.6) is 0 Å². The number of fused-ring (bicyclic) bond motifs is 2. The molecular weight excluding hydrogens is 603 g/mol. The topological polar surface area (TPSA) is 60.4 Å². The Balaban J connectivity index is 0.00000241. The van der Waals surface area contributed by atoms with E-state index < -0.39 is 5.41 Å². The van der Waals surface area contributed by atoms with E-state index >= 15 is 0 Å². The Hall–Kier alpha value is -3.63. The summed E-state index contributed by atoms with van der Waals surface area (Å²) in [4.78, 5) is 10.0. The summed E-state index contributed by atoms with van der Waals surface area (Å²) in [7, 11) is 0. The van der Waals surface area contributed by atoms with Crippen molar-refractivity contribution in [1.29, 1.82) is 0 Å². The summed E-state index contributed by atoms with van der Waals surface area (Å²) >= 11 is 0. The molecule has 7 heteroatoms. The van der Waals surface area contributed by atoms with Gasteiger partial charge in [0.2, 0.25) is 0 Å². The summed E-state index contributed by atoms with van der Waals surface area (Å²) in [5, 5.41) is 8.68. The molecule has 0 spiro atoms. The van der Waals surface area contributed by atoms with Gasteiger partial charge in [0.25, 0.3) is 0 Å². The molecule has 0 N–H and O–H groups in total. The fraction of sp³-hybridized carbons (Fsp3) is 0.111. The van der Waals surface area contributed by atoms with Gasteiger partial charge in [0, 0.05) is 29.2 Å². The van der Waals surface area contributed by atoms with Crippen LogP contribution in [-0.4, -0.2) is 29.2 Å². The molecule has 6 aromatic rings. The molecule has 168 valence electrons. The summed E-state index contributed by atoms with van der Waals surface area (Å²) in [5.74, 6) is 0. The number of nitrogens with zero attached hydrogens (tertiary/aromatic N) is 6. The van der Waals surface area contributed by atoms with E-state index in [1.54, 1.807) is 0 Å². The van der Waals surface area contributed by atoms with Crippen LogP contribution in [-0.2, 0) is 26.5 Å². The quantitative estimate of drug-likeness (QED) is 0.259. The Bertz CT molecular complexity index is 1490. The van der Waals surface area contributed by atoms with Crippen molar-refractivity contribution in [2.45, 2.75) is 19.3 Å². The first-order valence-corrected chi connectivity index (χ1v) is 10.8. The first-order chi connectivity index (χ1) is 16.1. The smallest absolute Gasteiger partial charge is 0.316 e. The molecule has 0 aliphatic rings. The molecule has 0 bridgehead atoms. The molecule has 0 aliphatic carbocycles. The SMILES string of the molecule is CC(C)(c1cccc(-c2[c-]nn3ccccc23)n1)c1cccc(-c2[c-]nn3ccccc23)n1.[Pt+2]. The molecule has 0 atom stereocenters. The van der Waals surface area contributed by atoms with Crippen LogP contribution in [0.25, 0.3) is 33.5 Å².